The van der Waals surface area contributed by atoms with Crippen LogP contribution in [-0.4, -0.2) is 0 Å². The van der Waals surface area contributed by atoms with E-state index in [1.54, 1.807) is 0 Å². The van der Waals surface area contributed by atoms with Crippen molar-refractivity contribution in [3.8, 4) is 0 Å². The number of rotatable bonds is 3. The summed E-state index contributed by atoms with van der Waals surface area (Å²) < 4.78 is 5.59. The molecular formula is C18H19NO. The molecule has 102 valence electrons. The molecule has 0 saturated carbocycles. The summed E-state index contributed by atoms with van der Waals surface area (Å²) in [5.41, 5.74) is 6.02. The summed E-state index contributed by atoms with van der Waals surface area (Å²) in [6.07, 6.45) is 0. The van der Waals surface area contributed by atoms with Gasteiger partial charge in [0.25, 0.3) is 0 Å². The van der Waals surface area contributed by atoms with Crippen LogP contribution in [0.3, 0.4) is 0 Å². The van der Waals surface area contributed by atoms with E-state index in [0.29, 0.717) is 0 Å². The van der Waals surface area contributed by atoms with Gasteiger partial charge in [0.15, 0.2) is 0 Å². The van der Waals surface area contributed by atoms with Crippen LogP contribution in [0.5, 0.6) is 0 Å². The normalized spacial score (nSPS) is 10.9. The van der Waals surface area contributed by atoms with Crippen molar-refractivity contribution < 1.29 is 4.42 Å². The molecule has 0 spiro atoms. The Morgan fingerprint density at radius 1 is 0.900 bits per heavy atom. The topological polar surface area (TPSA) is 25.2 Å². The fourth-order valence-corrected chi connectivity index (χ4v) is 2.39. The maximum Gasteiger partial charge on any atom is 0.134 e. The summed E-state index contributed by atoms with van der Waals surface area (Å²) >= 11 is 0. The number of aryl methyl sites for hydroxylation is 3. The Morgan fingerprint density at radius 3 is 2.55 bits per heavy atom. The quantitative estimate of drug-likeness (QED) is 0.723. The van der Waals surface area contributed by atoms with Gasteiger partial charge in [-0.05, 0) is 67.8 Å². The lowest BCUT2D eigenvalue weighted by atomic mass is 10.1. The highest BCUT2D eigenvalue weighted by molar-refractivity contribution is 5.78. The molecular weight excluding hydrogens is 246 g/mol. The van der Waals surface area contributed by atoms with Crippen LogP contribution in [0.1, 0.15) is 22.5 Å². The molecule has 3 aromatic rings. The van der Waals surface area contributed by atoms with Gasteiger partial charge in [0.1, 0.15) is 11.3 Å². The fraction of sp³-hybridized carbons (Fsp3) is 0.222. The number of nitrogens with one attached hydrogen (secondary N) is 1. The van der Waals surface area contributed by atoms with E-state index >= 15 is 0 Å². The molecule has 2 heteroatoms. The van der Waals surface area contributed by atoms with E-state index in [1.807, 2.05) is 13.0 Å². The van der Waals surface area contributed by atoms with E-state index in [4.69, 9.17) is 4.42 Å². The van der Waals surface area contributed by atoms with E-state index in [1.165, 1.54) is 22.1 Å². The third-order valence-corrected chi connectivity index (χ3v) is 3.71. The Morgan fingerprint density at radius 2 is 1.75 bits per heavy atom. The summed E-state index contributed by atoms with van der Waals surface area (Å²) in [5.74, 6) is 0.958. The zero-order chi connectivity index (χ0) is 14.1. The lowest BCUT2D eigenvalue weighted by molar-refractivity contribution is 0.578. The van der Waals surface area contributed by atoms with Gasteiger partial charge >= 0.3 is 0 Å². The summed E-state index contributed by atoms with van der Waals surface area (Å²) in [7, 11) is 0. The zero-order valence-corrected chi connectivity index (χ0v) is 12.2. The second kappa shape index (κ2) is 5.04. The largest absolute Gasteiger partial charge is 0.461 e. The molecule has 0 aliphatic heterocycles. The molecule has 0 amide bonds. The summed E-state index contributed by atoms with van der Waals surface area (Å²) in [4.78, 5) is 0. The average molecular weight is 265 g/mol. The highest BCUT2D eigenvalue weighted by Crippen LogP contribution is 2.21. The van der Waals surface area contributed by atoms with Crippen molar-refractivity contribution in [2.75, 3.05) is 5.32 Å². The molecule has 0 bridgehead atoms. The van der Waals surface area contributed by atoms with E-state index < -0.39 is 0 Å². The molecule has 0 aliphatic rings. The van der Waals surface area contributed by atoms with Gasteiger partial charge in [-0.3, -0.25) is 0 Å². The van der Waals surface area contributed by atoms with E-state index in [0.717, 1.165) is 23.6 Å². The minimum atomic E-state index is 0.822. The highest BCUT2D eigenvalue weighted by Gasteiger charge is 2.02. The third kappa shape index (κ3) is 2.55. The Hall–Kier alpha value is -2.22. The van der Waals surface area contributed by atoms with Gasteiger partial charge < -0.3 is 9.73 Å². The Bertz CT molecular complexity index is 755. The van der Waals surface area contributed by atoms with Crippen molar-refractivity contribution in [2.45, 2.75) is 27.3 Å². The van der Waals surface area contributed by atoms with Crippen LogP contribution >= 0.6 is 0 Å². The van der Waals surface area contributed by atoms with Gasteiger partial charge in [-0.2, -0.15) is 0 Å². The van der Waals surface area contributed by atoms with Gasteiger partial charge in [0, 0.05) is 17.6 Å². The summed E-state index contributed by atoms with van der Waals surface area (Å²) in [6.45, 7) is 7.07. The molecule has 2 aromatic carbocycles. The van der Waals surface area contributed by atoms with Crippen molar-refractivity contribution >= 4 is 16.7 Å². The molecule has 1 aromatic heterocycles. The van der Waals surface area contributed by atoms with Crippen molar-refractivity contribution in [1.82, 2.24) is 0 Å². The molecule has 0 saturated heterocycles. The number of hydrogen-bond acceptors (Lipinski definition) is 2. The van der Waals surface area contributed by atoms with Crippen molar-refractivity contribution in [1.29, 1.82) is 0 Å². The lowest BCUT2D eigenvalue weighted by Crippen LogP contribution is -1.99. The standard InChI is InChI=1S/C18H19NO/c1-12-4-6-17(8-13(12)2)19-11-15-5-7-18-16(10-15)9-14(3)20-18/h4-10,19H,11H2,1-3H3. The Kier molecular flexibility index (Phi) is 3.23. The number of anilines is 1. The number of furan rings is 1. The number of hydrogen-bond donors (Lipinski definition) is 1. The highest BCUT2D eigenvalue weighted by atomic mass is 16.3. The molecule has 20 heavy (non-hydrogen) atoms. The molecule has 0 atom stereocenters. The van der Waals surface area contributed by atoms with Crippen LogP contribution < -0.4 is 5.32 Å². The first-order chi connectivity index (χ1) is 9.61. The minimum absolute atomic E-state index is 0.822. The van der Waals surface area contributed by atoms with Gasteiger partial charge in [-0.1, -0.05) is 12.1 Å². The number of benzene rings is 2. The first-order valence-corrected chi connectivity index (χ1v) is 6.92. The first kappa shape index (κ1) is 12.8. The predicted octanol–water partition coefficient (Wildman–Crippen LogP) is 4.97. The van der Waals surface area contributed by atoms with Crippen LogP contribution in [0, 0.1) is 20.8 Å². The molecule has 1 heterocycles. The lowest BCUT2D eigenvalue weighted by Gasteiger charge is -2.09. The van der Waals surface area contributed by atoms with Crippen molar-refractivity contribution in [3.05, 3.63) is 64.9 Å². The van der Waals surface area contributed by atoms with Crippen molar-refractivity contribution in [3.63, 3.8) is 0 Å². The summed E-state index contributed by atoms with van der Waals surface area (Å²) in [5, 5.41) is 4.64. The van der Waals surface area contributed by atoms with Gasteiger partial charge in [0.05, 0.1) is 0 Å². The van der Waals surface area contributed by atoms with Gasteiger partial charge in [-0.25, -0.2) is 0 Å². The molecule has 2 nitrogen and oxygen atoms in total. The van der Waals surface area contributed by atoms with Crippen LogP contribution in [-0.2, 0) is 6.54 Å². The molecule has 3 rings (SSSR count). The van der Waals surface area contributed by atoms with Crippen LogP contribution in [0.15, 0.2) is 46.9 Å². The molecule has 0 fully saturated rings. The van der Waals surface area contributed by atoms with Gasteiger partial charge in [0.2, 0.25) is 0 Å². The maximum absolute atomic E-state index is 5.59. The zero-order valence-electron chi connectivity index (χ0n) is 12.2. The second-order valence-corrected chi connectivity index (χ2v) is 5.38. The van der Waals surface area contributed by atoms with E-state index in [2.05, 4.69) is 55.6 Å². The molecule has 0 aliphatic carbocycles. The van der Waals surface area contributed by atoms with E-state index in [-0.39, 0.29) is 0 Å². The monoisotopic (exact) mass is 265 g/mol. The predicted molar refractivity (Wildman–Crippen MR) is 84.2 cm³/mol. The van der Waals surface area contributed by atoms with Gasteiger partial charge in [-0.15, -0.1) is 0 Å². The molecule has 0 unspecified atom stereocenters. The fourth-order valence-electron chi connectivity index (χ4n) is 2.39. The first-order valence-electron chi connectivity index (χ1n) is 6.92. The SMILES string of the molecule is Cc1cc2cc(CNc3ccc(C)c(C)c3)ccc2o1. The Labute approximate surface area is 119 Å². The minimum Gasteiger partial charge on any atom is -0.461 e. The molecule has 0 radical (unpaired) electrons. The van der Waals surface area contributed by atoms with E-state index in [9.17, 15) is 0 Å². The maximum atomic E-state index is 5.59. The smallest absolute Gasteiger partial charge is 0.134 e. The number of fused-ring (bicyclic) bond motifs is 1. The van der Waals surface area contributed by atoms with Crippen LogP contribution in [0.25, 0.3) is 11.0 Å². The van der Waals surface area contributed by atoms with Crippen LogP contribution in [0.2, 0.25) is 0 Å². The second-order valence-electron chi connectivity index (χ2n) is 5.38. The average Bonchev–Trinajstić information content (AvgIpc) is 2.79. The molecule has 1 N–H and O–H groups in total. The van der Waals surface area contributed by atoms with Crippen LogP contribution in [0.4, 0.5) is 5.69 Å². The Balaban J connectivity index is 1.77. The third-order valence-electron chi connectivity index (χ3n) is 3.71. The van der Waals surface area contributed by atoms with Crippen molar-refractivity contribution in [2.24, 2.45) is 0 Å². The summed E-state index contributed by atoms with van der Waals surface area (Å²) in [6, 6.07) is 14.9.